The molecule has 98 valence electrons. The van der Waals surface area contributed by atoms with Crippen molar-refractivity contribution in [2.24, 2.45) is 5.73 Å². The summed E-state index contributed by atoms with van der Waals surface area (Å²) in [6.07, 6.45) is 1.04. The second kappa shape index (κ2) is 5.99. The van der Waals surface area contributed by atoms with Gasteiger partial charge in [0, 0.05) is 22.3 Å². The minimum absolute atomic E-state index is 0.390. The van der Waals surface area contributed by atoms with Crippen LogP contribution in [-0.2, 0) is 4.74 Å². The zero-order valence-corrected chi connectivity index (χ0v) is 12.8. The molecule has 2 N–H and O–H groups in total. The topological polar surface area (TPSA) is 38.5 Å². The highest BCUT2D eigenvalue weighted by Crippen LogP contribution is 2.28. The van der Waals surface area contributed by atoms with Crippen LogP contribution in [0, 0.1) is 0 Å². The molecule has 1 aromatic rings. The van der Waals surface area contributed by atoms with Gasteiger partial charge in [-0.05, 0) is 24.6 Å². The molecule has 2 rings (SSSR count). The number of thiocarbonyl (C=S) groups is 1. The average Bonchev–Trinajstić information content (AvgIpc) is 2.38. The third-order valence-electron chi connectivity index (χ3n) is 3.23. The summed E-state index contributed by atoms with van der Waals surface area (Å²) < 4.78 is 6.58. The number of anilines is 1. The molecule has 0 aliphatic carbocycles. The molecule has 0 aromatic heterocycles. The first-order chi connectivity index (χ1) is 8.63. The van der Waals surface area contributed by atoms with Gasteiger partial charge in [0.05, 0.1) is 19.3 Å². The van der Waals surface area contributed by atoms with E-state index in [1.54, 1.807) is 0 Å². The first-order valence-corrected chi connectivity index (χ1v) is 7.27. The highest BCUT2D eigenvalue weighted by atomic mass is 79.9. The number of ether oxygens (including phenoxy) is 1. The fourth-order valence-corrected chi connectivity index (χ4v) is 2.78. The van der Waals surface area contributed by atoms with Crippen LogP contribution in [0.15, 0.2) is 22.7 Å². The molecule has 18 heavy (non-hydrogen) atoms. The molecule has 1 unspecified atom stereocenters. The van der Waals surface area contributed by atoms with Gasteiger partial charge in [0.1, 0.15) is 4.99 Å². The molecule has 1 aliphatic rings. The van der Waals surface area contributed by atoms with E-state index in [4.69, 9.17) is 22.7 Å². The predicted octanol–water partition coefficient (Wildman–Crippen LogP) is 2.70. The van der Waals surface area contributed by atoms with Gasteiger partial charge in [-0.3, -0.25) is 0 Å². The van der Waals surface area contributed by atoms with Crippen LogP contribution in [0.3, 0.4) is 0 Å². The van der Waals surface area contributed by atoms with Gasteiger partial charge in [-0.1, -0.05) is 35.1 Å². The molecule has 0 amide bonds. The van der Waals surface area contributed by atoms with Crippen molar-refractivity contribution in [1.82, 2.24) is 0 Å². The summed E-state index contributed by atoms with van der Waals surface area (Å²) in [7, 11) is 0. The number of benzene rings is 1. The van der Waals surface area contributed by atoms with E-state index in [1.165, 1.54) is 0 Å². The van der Waals surface area contributed by atoms with Crippen molar-refractivity contribution in [1.29, 1.82) is 0 Å². The maximum absolute atomic E-state index is 5.82. The van der Waals surface area contributed by atoms with Crippen LogP contribution in [-0.4, -0.2) is 30.8 Å². The van der Waals surface area contributed by atoms with Crippen molar-refractivity contribution in [3.8, 4) is 0 Å². The van der Waals surface area contributed by atoms with E-state index >= 15 is 0 Å². The Bertz CT molecular complexity index is 453. The summed E-state index contributed by atoms with van der Waals surface area (Å²) in [6, 6.07) is 6.42. The first kappa shape index (κ1) is 13.8. The smallest absolute Gasteiger partial charge is 0.106 e. The van der Waals surface area contributed by atoms with Gasteiger partial charge in [-0.25, -0.2) is 0 Å². The Labute approximate surface area is 121 Å². The molecule has 1 fully saturated rings. The van der Waals surface area contributed by atoms with Gasteiger partial charge >= 0.3 is 0 Å². The molecule has 3 nitrogen and oxygen atoms in total. The minimum atomic E-state index is 0.390. The minimum Gasteiger partial charge on any atom is -0.389 e. The highest BCUT2D eigenvalue weighted by Gasteiger charge is 2.24. The Balaban J connectivity index is 2.41. The lowest BCUT2D eigenvalue weighted by Gasteiger charge is -2.38. The van der Waals surface area contributed by atoms with Crippen molar-refractivity contribution in [3.05, 3.63) is 28.2 Å². The van der Waals surface area contributed by atoms with Gasteiger partial charge in [-0.15, -0.1) is 0 Å². The standard InChI is InChI=1S/C13H17BrN2OS/c1-2-10-8-17-6-5-16(10)12-7-9(14)3-4-11(12)13(15)18/h3-4,7,10H,2,5-6,8H2,1H3,(H2,15,18). The summed E-state index contributed by atoms with van der Waals surface area (Å²) in [5.41, 5.74) is 7.86. The third-order valence-corrected chi connectivity index (χ3v) is 3.95. The van der Waals surface area contributed by atoms with E-state index < -0.39 is 0 Å². The largest absolute Gasteiger partial charge is 0.389 e. The summed E-state index contributed by atoms with van der Waals surface area (Å²) in [5.74, 6) is 0. The van der Waals surface area contributed by atoms with Crippen LogP contribution in [0.2, 0.25) is 0 Å². The fourth-order valence-electron chi connectivity index (χ4n) is 2.26. The maximum atomic E-state index is 5.82. The van der Waals surface area contributed by atoms with Gasteiger partial charge < -0.3 is 15.4 Å². The molecule has 0 saturated carbocycles. The predicted molar refractivity (Wildman–Crippen MR) is 82.3 cm³/mol. The van der Waals surface area contributed by atoms with Crippen molar-refractivity contribution in [2.75, 3.05) is 24.7 Å². The normalized spacial score (nSPS) is 19.9. The summed E-state index contributed by atoms with van der Waals surface area (Å²) in [6.45, 7) is 4.56. The molecule has 5 heteroatoms. The number of halogens is 1. The van der Waals surface area contributed by atoms with Gasteiger partial charge in [-0.2, -0.15) is 0 Å². The molecule has 1 saturated heterocycles. The highest BCUT2D eigenvalue weighted by molar-refractivity contribution is 9.10. The number of hydrogen-bond donors (Lipinski definition) is 1. The summed E-state index contributed by atoms with van der Waals surface area (Å²) in [4.78, 5) is 2.79. The lowest BCUT2D eigenvalue weighted by molar-refractivity contribution is 0.0930. The van der Waals surface area contributed by atoms with E-state index in [9.17, 15) is 0 Å². The number of nitrogens with zero attached hydrogens (tertiary/aromatic N) is 1. The molecule has 1 atom stereocenters. The van der Waals surface area contributed by atoms with E-state index in [0.717, 1.165) is 41.9 Å². The Morgan fingerprint density at radius 1 is 1.61 bits per heavy atom. The van der Waals surface area contributed by atoms with Crippen LogP contribution in [0.4, 0.5) is 5.69 Å². The Morgan fingerprint density at radius 2 is 2.39 bits per heavy atom. The molecular weight excluding hydrogens is 312 g/mol. The maximum Gasteiger partial charge on any atom is 0.106 e. The van der Waals surface area contributed by atoms with Crippen molar-refractivity contribution in [2.45, 2.75) is 19.4 Å². The Morgan fingerprint density at radius 3 is 3.06 bits per heavy atom. The second-order valence-electron chi connectivity index (χ2n) is 4.36. The Kier molecular flexibility index (Phi) is 4.59. The van der Waals surface area contributed by atoms with Gasteiger partial charge in [0.15, 0.2) is 0 Å². The molecule has 1 aliphatic heterocycles. The van der Waals surface area contributed by atoms with Crippen molar-refractivity contribution >= 4 is 38.8 Å². The van der Waals surface area contributed by atoms with Crippen LogP contribution in [0.1, 0.15) is 18.9 Å². The van der Waals surface area contributed by atoms with E-state index in [0.29, 0.717) is 11.0 Å². The number of hydrogen-bond acceptors (Lipinski definition) is 3. The molecule has 0 bridgehead atoms. The van der Waals surface area contributed by atoms with E-state index in [2.05, 4.69) is 33.8 Å². The van der Waals surface area contributed by atoms with Gasteiger partial charge in [0.2, 0.25) is 0 Å². The van der Waals surface area contributed by atoms with Crippen molar-refractivity contribution < 1.29 is 4.74 Å². The lowest BCUT2D eigenvalue weighted by atomic mass is 10.1. The second-order valence-corrected chi connectivity index (χ2v) is 5.71. The third kappa shape index (κ3) is 2.84. The first-order valence-electron chi connectivity index (χ1n) is 6.07. The van der Waals surface area contributed by atoms with Crippen LogP contribution in [0.5, 0.6) is 0 Å². The number of morpholine rings is 1. The summed E-state index contributed by atoms with van der Waals surface area (Å²) >= 11 is 8.65. The van der Waals surface area contributed by atoms with Crippen LogP contribution < -0.4 is 10.6 Å². The number of rotatable bonds is 3. The average molecular weight is 329 g/mol. The zero-order valence-electron chi connectivity index (χ0n) is 10.4. The number of nitrogens with two attached hydrogens (primary N) is 1. The Hall–Kier alpha value is -0.650. The van der Waals surface area contributed by atoms with Crippen LogP contribution in [0.25, 0.3) is 0 Å². The molecule has 1 aromatic carbocycles. The van der Waals surface area contributed by atoms with Crippen LogP contribution >= 0.6 is 28.1 Å². The fraction of sp³-hybridized carbons (Fsp3) is 0.462. The molecule has 1 heterocycles. The lowest BCUT2D eigenvalue weighted by Crippen LogP contribution is -2.46. The van der Waals surface area contributed by atoms with E-state index in [-0.39, 0.29) is 0 Å². The van der Waals surface area contributed by atoms with Gasteiger partial charge in [0.25, 0.3) is 0 Å². The molecule has 0 radical (unpaired) electrons. The molecular formula is C13H17BrN2OS. The quantitative estimate of drug-likeness (QED) is 0.866. The zero-order chi connectivity index (χ0) is 13.1. The molecule has 0 spiro atoms. The van der Waals surface area contributed by atoms with Crippen molar-refractivity contribution in [3.63, 3.8) is 0 Å². The monoisotopic (exact) mass is 328 g/mol. The van der Waals surface area contributed by atoms with E-state index in [1.807, 2.05) is 12.1 Å². The SMILES string of the molecule is CCC1COCCN1c1cc(Br)ccc1C(N)=S. The summed E-state index contributed by atoms with van der Waals surface area (Å²) in [5, 5.41) is 0.